The van der Waals surface area contributed by atoms with Crippen LogP contribution in [0.1, 0.15) is 18.5 Å². The smallest absolute Gasteiger partial charge is 0.433 e. The number of piperidine rings is 1. The Morgan fingerprint density at radius 1 is 1.15 bits per heavy atom. The van der Waals surface area contributed by atoms with E-state index in [-0.39, 0.29) is 11.8 Å². The van der Waals surface area contributed by atoms with E-state index in [0.717, 1.165) is 32.0 Å². The molecule has 0 bridgehead atoms. The molecule has 3 rings (SSSR count). The van der Waals surface area contributed by atoms with Crippen LogP contribution in [0.25, 0.3) is 0 Å². The SMILES string of the molecule is COc1nccnc1N1CCC(COc2cccc(C(F)(F)F)n2)CC1. The topological polar surface area (TPSA) is 60.4 Å². The van der Waals surface area contributed by atoms with Crippen LogP contribution in [0.4, 0.5) is 19.0 Å². The molecule has 2 aromatic rings. The van der Waals surface area contributed by atoms with Gasteiger partial charge in [0.25, 0.3) is 5.88 Å². The number of alkyl halides is 3. The monoisotopic (exact) mass is 368 g/mol. The van der Waals surface area contributed by atoms with Gasteiger partial charge in [-0.05, 0) is 24.8 Å². The number of pyridine rings is 1. The highest BCUT2D eigenvalue weighted by Gasteiger charge is 2.32. The Balaban J connectivity index is 1.53. The van der Waals surface area contributed by atoms with Crippen LogP contribution in [0, 0.1) is 5.92 Å². The summed E-state index contributed by atoms with van der Waals surface area (Å²) in [6.45, 7) is 1.83. The van der Waals surface area contributed by atoms with Crippen LogP contribution in [0.3, 0.4) is 0 Å². The Morgan fingerprint density at radius 2 is 1.88 bits per heavy atom. The van der Waals surface area contributed by atoms with E-state index < -0.39 is 11.9 Å². The van der Waals surface area contributed by atoms with Gasteiger partial charge in [0.2, 0.25) is 5.88 Å². The number of methoxy groups -OCH3 is 1. The van der Waals surface area contributed by atoms with Gasteiger partial charge in [0.05, 0.1) is 13.7 Å². The zero-order valence-corrected chi connectivity index (χ0v) is 14.2. The average molecular weight is 368 g/mol. The molecule has 0 unspecified atom stereocenters. The molecule has 0 saturated carbocycles. The van der Waals surface area contributed by atoms with Crippen molar-refractivity contribution in [3.8, 4) is 11.8 Å². The third kappa shape index (κ3) is 4.33. The highest BCUT2D eigenvalue weighted by Crippen LogP contribution is 2.30. The second-order valence-electron chi connectivity index (χ2n) is 5.99. The van der Waals surface area contributed by atoms with Crippen molar-refractivity contribution in [3.05, 3.63) is 36.3 Å². The third-order valence-corrected chi connectivity index (χ3v) is 4.23. The first-order chi connectivity index (χ1) is 12.5. The molecule has 0 radical (unpaired) electrons. The first-order valence-electron chi connectivity index (χ1n) is 8.24. The first kappa shape index (κ1) is 18.2. The summed E-state index contributed by atoms with van der Waals surface area (Å²) in [7, 11) is 1.55. The molecular formula is C17H19F3N4O2. The number of hydrogen-bond acceptors (Lipinski definition) is 6. The van der Waals surface area contributed by atoms with Crippen LogP contribution < -0.4 is 14.4 Å². The van der Waals surface area contributed by atoms with E-state index in [9.17, 15) is 13.2 Å². The summed E-state index contributed by atoms with van der Waals surface area (Å²) >= 11 is 0. The molecule has 0 spiro atoms. The Labute approximate surface area is 149 Å². The highest BCUT2D eigenvalue weighted by molar-refractivity contribution is 5.47. The summed E-state index contributed by atoms with van der Waals surface area (Å²) in [6.07, 6.45) is 0.384. The predicted octanol–water partition coefficient (Wildman–Crippen LogP) is 3.19. The van der Waals surface area contributed by atoms with Crippen LogP contribution >= 0.6 is 0 Å². The maximum absolute atomic E-state index is 12.7. The lowest BCUT2D eigenvalue weighted by Gasteiger charge is -2.32. The molecule has 0 aliphatic carbocycles. The standard InChI is InChI=1S/C17H19F3N4O2/c1-25-16-15(21-7-8-22-16)24-9-5-12(6-10-24)11-26-14-4-2-3-13(23-14)17(18,19)20/h2-4,7-8,12H,5-6,9-11H2,1H3. The summed E-state index contributed by atoms with van der Waals surface area (Å²) in [5.74, 6) is 1.42. The van der Waals surface area contributed by atoms with E-state index in [0.29, 0.717) is 18.3 Å². The normalized spacial score (nSPS) is 15.8. The van der Waals surface area contributed by atoms with Gasteiger partial charge in [-0.25, -0.2) is 15.0 Å². The molecule has 6 nitrogen and oxygen atoms in total. The fourth-order valence-electron chi connectivity index (χ4n) is 2.85. The number of hydrogen-bond donors (Lipinski definition) is 0. The van der Waals surface area contributed by atoms with Crippen LogP contribution in [0.5, 0.6) is 11.8 Å². The molecule has 1 aliphatic rings. The van der Waals surface area contributed by atoms with Gasteiger partial charge < -0.3 is 14.4 Å². The summed E-state index contributed by atoms with van der Waals surface area (Å²) in [5, 5.41) is 0. The van der Waals surface area contributed by atoms with Gasteiger partial charge in [0, 0.05) is 31.5 Å². The van der Waals surface area contributed by atoms with Crippen LogP contribution in [-0.4, -0.2) is 41.8 Å². The first-order valence-corrected chi connectivity index (χ1v) is 8.24. The zero-order valence-electron chi connectivity index (χ0n) is 14.2. The molecule has 1 saturated heterocycles. The number of rotatable bonds is 5. The number of anilines is 1. The number of halogens is 3. The molecule has 9 heteroatoms. The van der Waals surface area contributed by atoms with E-state index >= 15 is 0 Å². The van der Waals surface area contributed by atoms with E-state index in [1.165, 1.54) is 12.1 Å². The van der Waals surface area contributed by atoms with E-state index in [2.05, 4.69) is 19.9 Å². The quantitative estimate of drug-likeness (QED) is 0.808. The molecule has 140 valence electrons. The maximum atomic E-state index is 12.7. The average Bonchev–Trinajstić information content (AvgIpc) is 2.66. The molecular weight excluding hydrogens is 349 g/mol. The van der Waals surface area contributed by atoms with Gasteiger partial charge in [0.1, 0.15) is 5.69 Å². The van der Waals surface area contributed by atoms with Crippen molar-refractivity contribution < 1.29 is 22.6 Å². The lowest BCUT2D eigenvalue weighted by molar-refractivity contribution is -0.141. The Kier molecular flexibility index (Phi) is 5.43. The van der Waals surface area contributed by atoms with Crippen molar-refractivity contribution in [2.45, 2.75) is 19.0 Å². The lowest BCUT2D eigenvalue weighted by Crippen LogP contribution is -2.36. The van der Waals surface area contributed by atoms with E-state index in [1.807, 2.05) is 0 Å². The summed E-state index contributed by atoms with van der Waals surface area (Å²) in [5.41, 5.74) is -0.945. The highest BCUT2D eigenvalue weighted by atomic mass is 19.4. The van der Waals surface area contributed by atoms with Crippen molar-refractivity contribution in [2.24, 2.45) is 5.92 Å². The lowest BCUT2D eigenvalue weighted by atomic mass is 9.98. The Morgan fingerprint density at radius 3 is 2.58 bits per heavy atom. The predicted molar refractivity (Wildman–Crippen MR) is 88.3 cm³/mol. The minimum absolute atomic E-state index is 0.00199. The van der Waals surface area contributed by atoms with Crippen molar-refractivity contribution in [1.29, 1.82) is 0 Å². The second kappa shape index (κ2) is 7.76. The van der Waals surface area contributed by atoms with Gasteiger partial charge >= 0.3 is 6.18 Å². The molecule has 2 aromatic heterocycles. The molecule has 3 heterocycles. The van der Waals surface area contributed by atoms with Crippen LogP contribution in [0.15, 0.2) is 30.6 Å². The van der Waals surface area contributed by atoms with Gasteiger partial charge in [-0.1, -0.05) is 6.07 Å². The number of ether oxygens (including phenoxy) is 2. The van der Waals surface area contributed by atoms with Crippen LogP contribution in [-0.2, 0) is 6.18 Å². The molecule has 0 N–H and O–H groups in total. The van der Waals surface area contributed by atoms with Crippen molar-refractivity contribution in [3.63, 3.8) is 0 Å². The Hall–Kier alpha value is -2.58. The number of aromatic nitrogens is 3. The molecule has 0 amide bonds. The fraction of sp³-hybridized carbons (Fsp3) is 0.471. The van der Waals surface area contributed by atoms with Gasteiger partial charge in [-0.15, -0.1) is 0 Å². The third-order valence-electron chi connectivity index (χ3n) is 4.23. The molecule has 0 atom stereocenters. The second-order valence-corrected chi connectivity index (χ2v) is 5.99. The van der Waals surface area contributed by atoms with E-state index in [4.69, 9.17) is 9.47 Å². The summed E-state index contributed by atoms with van der Waals surface area (Å²) in [4.78, 5) is 14.1. The molecule has 1 aliphatic heterocycles. The summed E-state index contributed by atoms with van der Waals surface area (Å²) in [6, 6.07) is 3.67. The fourth-order valence-corrected chi connectivity index (χ4v) is 2.85. The Bertz CT molecular complexity index is 734. The zero-order chi connectivity index (χ0) is 18.6. The summed E-state index contributed by atoms with van der Waals surface area (Å²) < 4.78 is 48.8. The van der Waals surface area contributed by atoms with E-state index in [1.54, 1.807) is 19.5 Å². The number of nitrogens with zero attached hydrogens (tertiary/aromatic N) is 4. The van der Waals surface area contributed by atoms with Crippen molar-refractivity contribution >= 4 is 5.82 Å². The maximum Gasteiger partial charge on any atom is 0.433 e. The van der Waals surface area contributed by atoms with Crippen LogP contribution in [0.2, 0.25) is 0 Å². The van der Waals surface area contributed by atoms with Crippen molar-refractivity contribution in [2.75, 3.05) is 31.7 Å². The largest absolute Gasteiger partial charge is 0.478 e. The van der Waals surface area contributed by atoms with Gasteiger partial charge in [0.15, 0.2) is 5.82 Å². The minimum atomic E-state index is -4.47. The van der Waals surface area contributed by atoms with Gasteiger partial charge in [-0.2, -0.15) is 13.2 Å². The van der Waals surface area contributed by atoms with Gasteiger partial charge in [-0.3, -0.25) is 0 Å². The van der Waals surface area contributed by atoms with Crippen molar-refractivity contribution in [1.82, 2.24) is 15.0 Å². The molecule has 26 heavy (non-hydrogen) atoms. The minimum Gasteiger partial charge on any atom is -0.478 e. The molecule has 0 aromatic carbocycles. The molecule has 1 fully saturated rings.